The fourth-order valence-corrected chi connectivity index (χ4v) is 5.16. The lowest BCUT2D eigenvalue weighted by Crippen LogP contribution is -2.43. The highest BCUT2D eigenvalue weighted by Gasteiger charge is 2.24. The molecule has 1 amide bonds. The van der Waals surface area contributed by atoms with E-state index in [2.05, 4.69) is 25.1 Å². The molecule has 2 aromatic heterocycles. The van der Waals surface area contributed by atoms with E-state index < -0.39 is 12.0 Å². The summed E-state index contributed by atoms with van der Waals surface area (Å²) in [5.74, 6) is -0.418. The number of hydrogen-bond acceptors (Lipinski definition) is 5. The van der Waals surface area contributed by atoms with Crippen molar-refractivity contribution in [1.82, 2.24) is 25.1 Å². The number of aromatic nitrogens is 4. The average molecular weight is 442 g/mol. The standard InChI is InChI=1S/C22H27N5O3S/c1-14-25-26-22(27(14)16-7-3-2-4-8-16)31-13-20(28)24-19(21(29)30)11-15-12-23-18-10-6-5-9-17(15)18/h5-6,9-10,12,16,19,23H,2-4,7-8,11,13H2,1H3,(H,24,28)(H,29,30)/t19-/m1/s1. The number of aromatic amines is 1. The molecule has 0 bridgehead atoms. The van der Waals surface area contributed by atoms with Crippen LogP contribution in [0, 0.1) is 6.92 Å². The molecule has 1 aliphatic rings. The number of aryl methyl sites for hydroxylation is 1. The molecule has 4 rings (SSSR count). The Bertz CT molecular complexity index is 1070. The summed E-state index contributed by atoms with van der Waals surface area (Å²) in [5.41, 5.74) is 1.81. The number of nitrogens with one attached hydrogen (secondary N) is 2. The monoisotopic (exact) mass is 441 g/mol. The number of carboxylic acids is 1. The van der Waals surface area contributed by atoms with Gasteiger partial charge in [-0.15, -0.1) is 10.2 Å². The Morgan fingerprint density at radius 2 is 2.03 bits per heavy atom. The Morgan fingerprint density at radius 3 is 2.81 bits per heavy atom. The summed E-state index contributed by atoms with van der Waals surface area (Å²) >= 11 is 1.31. The van der Waals surface area contributed by atoms with Gasteiger partial charge < -0.3 is 20.0 Å². The van der Waals surface area contributed by atoms with Crippen LogP contribution < -0.4 is 5.32 Å². The van der Waals surface area contributed by atoms with Crippen LogP contribution in [0.25, 0.3) is 10.9 Å². The van der Waals surface area contributed by atoms with Gasteiger partial charge in [-0.2, -0.15) is 0 Å². The minimum absolute atomic E-state index is 0.0997. The molecule has 2 heterocycles. The SMILES string of the molecule is Cc1nnc(SCC(=O)N[C@H](Cc2c[nH]c3ccccc23)C(=O)O)n1C1CCCCC1. The van der Waals surface area contributed by atoms with Gasteiger partial charge in [-0.1, -0.05) is 49.2 Å². The van der Waals surface area contributed by atoms with E-state index in [0.717, 1.165) is 40.3 Å². The van der Waals surface area contributed by atoms with Gasteiger partial charge in [0, 0.05) is 29.6 Å². The van der Waals surface area contributed by atoms with Crippen molar-refractivity contribution < 1.29 is 14.7 Å². The normalized spacial score (nSPS) is 15.8. The number of rotatable bonds is 8. The van der Waals surface area contributed by atoms with Crippen molar-refractivity contribution >= 4 is 34.5 Å². The van der Waals surface area contributed by atoms with E-state index in [1.165, 1.54) is 31.0 Å². The minimum Gasteiger partial charge on any atom is -0.480 e. The van der Waals surface area contributed by atoms with Crippen molar-refractivity contribution in [2.45, 2.75) is 62.7 Å². The number of benzene rings is 1. The first kappa shape index (κ1) is 21.4. The second kappa shape index (κ2) is 9.55. The Balaban J connectivity index is 1.39. The predicted octanol–water partition coefficient (Wildman–Crippen LogP) is 3.48. The lowest BCUT2D eigenvalue weighted by molar-refractivity contribution is -0.141. The van der Waals surface area contributed by atoms with Crippen LogP contribution in [-0.4, -0.2) is 48.5 Å². The number of H-pyrrole nitrogens is 1. The van der Waals surface area contributed by atoms with E-state index >= 15 is 0 Å². The van der Waals surface area contributed by atoms with Crippen LogP contribution in [-0.2, 0) is 16.0 Å². The van der Waals surface area contributed by atoms with Crippen molar-refractivity contribution in [2.24, 2.45) is 0 Å². The summed E-state index contributed by atoms with van der Waals surface area (Å²) in [6.45, 7) is 1.94. The number of hydrogen-bond donors (Lipinski definition) is 3. The van der Waals surface area contributed by atoms with Gasteiger partial charge in [0.05, 0.1) is 5.75 Å². The summed E-state index contributed by atoms with van der Waals surface area (Å²) in [7, 11) is 0. The van der Waals surface area contributed by atoms with Crippen LogP contribution in [0.1, 0.15) is 49.5 Å². The van der Waals surface area contributed by atoms with Crippen LogP contribution in [0.4, 0.5) is 0 Å². The molecule has 3 N–H and O–H groups in total. The highest BCUT2D eigenvalue weighted by atomic mass is 32.2. The quantitative estimate of drug-likeness (QED) is 0.461. The Kier molecular flexibility index (Phi) is 6.60. The molecule has 1 saturated carbocycles. The summed E-state index contributed by atoms with van der Waals surface area (Å²) in [4.78, 5) is 27.5. The second-order valence-electron chi connectivity index (χ2n) is 8.00. The summed E-state index contributed by atoms with van der Waals surface area (Å²) in [5, 5.41) is 22.4. The lowest BCUT2D eigenvalue weighted by atomic mass is 9.95. The van der Waals surface area contributed by atoms with Crippen molar-refractivity contribution in [3.8, 4) is 0 Å². The molecule has 1 fully saturated rings. The number of para-hydroxylation sites is 1. The van der Waals surface area contributed by atoms with Crippen molar-refractivity contribution in [3.05, 3.63) is 41.9 Å². The summed E-state index contributed by atoms with van der Waals surface area (Å²) < 4.78 is 2.14. The van der Waals surface area contributed by atoms with E-state index in [1.54, 1.807) is 6.20 Å². The summed E-state index contributed by atoms with van der Waals surface area (Å²) in [6.07, 6.45) is 7.87. The molecule has 164 valence electrons. The van der Waals surface area contributed by atoms with Gasteiger partial charge in [0.1, 0.15) is 11.9 Å². The Morgan fingerprint density at radius 1 is 1.26 bits per heavy atom. The highest BCUT2D eigenvalue weighted by molar-refractivity contribution is 7.99. The molecule has 1 aromatic carbocycles. The van der Waals surface area contributed by atoms with Gasteiger partial charge in [0.15, 0.2) is 5.16 Å². The van der Waals surface area contributed by atoms with Crippen LogP contribution in [0.3, 0.4) is 0 Å². The average Bonchev–Trinajstić information content (AvgIpc) is 3.35. The smallest absolute Gasteiger partial charge is 0.326 e. The Labute approximate surface area is 184 Å². The molecule has 3 aromatic rings. The fraction of sp³-hybridized carbons (Fsp3) is 0.455. The van der Waals surface area contributed by atoms with Gasteiger partial charge >= 0.3 is 5.97 Å². The molecule has 8 nitrogen and oxygen atoms in total. The first-order chi connectivity index (χ1) is 15.0. The molecule has 0 aliphatic heterocycles. The Hall–Kier alpha value is -2.81. The van der Waals surface area contributed by atoms with Gasteiger partial charge in [-0.3, -0.25) is 4.79 Å². The first-order valence-electron chi connectivity index (χ1n) is 10.6. The third kappa shape index (κ3) is 4.92. The number of carbonyl (C=O) groups excluding carboxylic acids is 1. The van der Waals surface area contributed by atoms with Crippen LogP contribution in [0.15, 0.2) is 35.6 Å². The number of carbonyl (C=O) groups is 2. The molecule has 0 saturated heterocycles. The number of fused-ring (bicyclic) bond motifs is 1. The van der Waals surface area contributed by atoms with E-state index in [4.69, 9.17) is 0 Å². The highest BCUT2D eigenvalue weighted by Crippen LogP contribution is 2.32. The molecule has 0 radical (unpaired) electrons. The molecule has 0 unspecified atom stereocenters. The van der Waals surface area contributed by atoms with Crippen molar-refractivity contribution in [1.29, 1.82) is 0 Å². The zero-order chi connectivity index (χ0) is 21.8. The van der Waals surface area contributed by atoms with Crippen LogP contribution in [0.2, 0.25) is 0 Å². The molecule has 1 aliphatic carbocycles. The van der Waals surface area contributed by atoms with Crippen molar-refractivity contribution in [2.75, 3.05) is 5.75 Å². The molecule has 0 spiro atoms. The van der Waals surface area contributed by atoms with Crippen molar-refractivity contribution in [3.63, 3.8) is 0 Å². The van der Waals surface area contributed by atoms with E-state index in [1.807, 2.05) is 31.2 Å². The zero-order valence-corrected chi connectivity index (χ0v) is 18.3. The van der Waals surface area contributed by atoms with E-state index in [9.17, 15) is 14.7 Å². The molecular weight excluding hydrogens is 414 g/mol. The number of aliphatic carboxylic acids is 1. The maximum atomic E-state index is 12.6. The maximum absolute atomic E-state index is 12.6. The minimum atomic E-state index is -1.05. The van der Waals surface area contributed by atoms with Gasteiger partial charge in [-0.05, 0) is 31.4 Å². The molecule has 31 heavy (non-hydrogen) atoms. The largest absolute Gasteiger partial charge is 0.480 e. The zero-order valence-electron chi connectivity index (χ0n) is 17.5. The fourth-order valence-electron chi connectivity index (χ4n) is 4.29. The van der Waals surface area contributed by atoms with E-state index in [0.29, 0.717) is 6.04 Å². The third-order valence-electron chi connectivity index (χ3n) is 5.84. The first-order valence-corrected chi connectivity index (χ1v) is 11.6. The maximum Gasteiger partial charge on any atom is 0.326 e. The molecule has 9 heteroatoms. The topological polar surface area (TPSA) is 113 Å². The van der Waals surface area contributed by atoms with E-state index in [-0.39, 0.29) is 18.1 Å². The van der Waals surface area contributed by atoms with Gasteiger partial charge in [0.25, 0.3) is 0 Å². The van der Waals surface area contributed by atoms with Crippen LogP contribution >= 0.6 is 11.8 Å². The number of amides is 1. The predicted molar refractivity (Wildman–Crippen MR) is 119 cm³/mol. The number of thioether (sulfide) groups is 1. The molecule has 1 atom stereocenters. The van der Waals surface area contributed by atoms with Gasteiger partial charge in [0.2, 0.25) is 5.91 Å². The number of nitrogens with zero attached hydrogens (tertiary/aromatic N) is 3. The molecular formula is C22H27N5O3S. The lowest BCUT2D eigenvalue weighted by Gasteiger charge is -2.25. The van der Waals surface area contributed by atoms with Gasteiger partial charge in [-0.25, -0.2) is 4.79 Å². The second-order valence-corrected chi connectivity index (χ2v) is 8.94. The summed E-state index contributed by atoms with van der Waals surface area (Å²) in [6, 6.07) is 7.10. The number of carboxylic acid groups (broad SMARTS) is 1. The third-order valence-corrected chi connectivity index (χ3v) is 6.78. The van der Waals surface area contributed by atoms with Crippen LogP contribution in [0.5, 0.6) is 0 Å².